The molecule has 74 valence electrons. The summed E-state index contributed by atoms with van der Waals surface area (Å²) < 4.78 is 9.23. The maximum Gasteiger partial charge on any atom is 0.276 e. The van der Waals surface area contributed by atoms with Crippen molar-refractivity contribution in [1.29, 1.82) is 0 Å². The largest absolute Gasteiger partial charge is 0.410 e. The fourth-order valence-corrected chi connectivity index (χ4v) is 1.97. The van der Waals surface area contributed by atoms with E-state index in [9.17, 15) is 0 Å². The van der Waals surface area contributed by atoms with Crippen LogP contribution in [0.5, 0.6) is 0 Å². The SMILES string of the molecule is CCSc1nnc(-c2snnc2C)o1. The molecule has 0 unspecified atom stereocenters. The van der Waals surface area contributed by atoms with Crippen LogP contribution in [0.2, 0.25) is 0 Å². The Kier molecular flexibility index (Phi) is 2.78. The number of hydrogen-bond donors (Lipinski definition) is 0. The highest BCUT2D eigenvalue weighted by atomic mass is 32.2. The Morgan fingerprint density at radius 2 is 2.21 bits per heavy atom. The summed E-state index contributed by atoms with van der Waals surface area (Å²) in [6.07, 6.45) is 0. The molecule has 2 heterocycles. The van der Waals surface area contributed by atoms with Crippen LogP contribution < -0.4 is 0 Å². The maximum absolute atomic E-state index is 5.42. The van der Waals surface area contributed by atoms with Gasteiger partial charge in [-0.05, 0) is 24.2 Å². The summed E-state index contributed by atoms with van der Waals surface area (Å²) in [5.74, 6) is 1.43. The molecule has 2 aromatic rings. The molecule has 5 nitrogen and oxygen atoms in total. The average molecular weight is 228 g/mol. The third kappa shape index (κ3) is 1.78. The first-order chi connectivity index (χ1) is 6.81. The number of thioether (sulfide) groups is 1. The lowest BCUT2D eigenvalue weighted by atomic mass is 10.4. The van der Waals surface area contributed by atoms with Crippen molar-refractivity contribution in [3.8, 4) is 10.8 Å². The molecule has 0 aliphatic heterocycles. The van der Waals surface area contributed by atoms with Crippen molar-refractivity contribution in [2.24, 2.45) is 0 Å². The predicted molar refractivity (Wildman–Crippen MR) is 54.3 cm³/mol. The van der Waals surface area contributed by atoms with Crippen molar-refractivity contribution in [1.82, 2.24) is 19.8 Å². The quantitative estimate of drug-likeness (QED) is 0.749. The van der Waals surface area contributed by atoms with Crippen LogP contribution in [0, 0.1) is 6.92 Å². The lowest BCUT2D eigenvalue weighted by molar-refractivity contribution is 0.466. The zero-order chi connectivity index (χ0) is 9.97. The van der Waals surface area contributed by atoms with Crippen LogP contribution in [0.3, 0.4) is 0 Å². The molecule has 0 saturated heterocycles. The first kappa shape index (κ1) is 9.60. The highest BCUT2D eigenvalue weighted by molar-refractivity contribution is 7.99. The number of aryl methyl sites for hydroxylation is 1. The average Bonchev–Trinajstić information content (AvgIpc) is 2.74. The molecule has 0 aliphatic carbocycles. The molecule has 0 bridgehead atoms. The molecule has 2 aromatic heterocycles. The number of nitrogens with zero attached hydrogens (tertiary/aromatic N) is 4. The molecule has 0 atom stereocenters. The molecule has 0 amide bonds. The molecular weight excluding hydrogens is 220 g/mol. The molecule has 0 radical (unpaired) electrons. The van der Waals surface area contributed by atoms with Crippen LogP contribution >= 0.6 is 23.3 Å². The van der Waals surface area contributed by atoms with Gasteiger partial charge in [0, 0.05) is 0 Å². The van der Waals surface area contributed by atoms with E-state index in [4.69, 9.17) is 4.42 Å². The molecule has 0 N–H and O–H groups in total. The van der Waals surface area contributed by atoms with Gasteiger partial charge in [-0.3, -0.25) is 0 Å². The molecular formula is C7H8N4OS2. The van der Waals surface area contributed by atoms with Crippen molar-refractivity contribution in [3.63, 3.8) is 0 Å². The van der Waals surface area contributed by atoms with Gasteiger partial charge in [0.05, 0.1) is 5.69 Å². The first-order valence-electron chi connectivity index (χ1n) is 4.07. The summed E-state index contributed by atoms with van der Waals surface area (Å²) in [6.45, 7) is 3.91. The van der Waals surface area contributed by atoms with Gasteiger partial charge in [0.1, 0.15) is 4.88 Å². The van der Waals surface area contributed by atoms with Gasteiger partial charge in [0.25, 0.3) is 11.1 Å². The molecule has 0 aliphatic rings. The summed E-state index contributed by atoms with van der Waals surface area (Å²) in [5, 5.41) is 12.3. The Morgan fingerprint density at radius 1 is 1.36 bits per heavy atom. The topological polar surface area (TPSA) is 64.7 Å². The third-order valence-corrected chi connectivity index (χ3v) is 3.04. The van der Waals surface area contributed by atoms with E-state index in [2.05, 4.69) is 19.8 Å². The zero-order valence-electron chi connectivity index (χ0n) is 7.72. The van der Waals surface area contributed by atoms with Crippen LogP contribution in [0.4, 0.5) is 0 Å². The number of hydrogen-bond acceptors (Lipinski definition) is 7. The Bertz CT molecular complexity index is 425. The van der Waals surface area contributed by atoms with Crippen molar-refractivity contribution in [2.75, 3.05) is 5.75 Å². The predicted octanol–water partition coefficient (Wildman–Crippen LogP) is 2.01. The first-order valence-corrected chi connectivity index (χ1v) is 5.82. The van der Waals surface area contributed by atoms with Gasteiger partial charge in [-0.1, -0.05) is 23.2 Å². The van der Waals surface area contributed by atoms with Gasteiger partial charge in [0.15, 0.2) is 0 Å². The fraction of sp³-hybridized carbons (Fsp3) is 0.429. The van der Waals surface area contributed by atoms with E-state index in [0.29, 0.717) is 11.1 Å². The Labute approximate surface area is 89.1 Å². The van der Waals surface area contributed by atoms with E-state index < -0.39 is 0 Å². The highest BCUT2D eigenvalue weighted by Crippen LogP contribution is 2.26. The molecule has 0 spiro atoms. The van der Waals surface area contributed by atoms with E-state index >= 15 is 0 Å². The number of aromatic nitrogens is 4. The van der Waals surface area contributed by atoms with Gasteiger partial charge in [0.2, 0.25) is 0 Å². The second kappa shape index (κ2) is 4.05. The summed E-state index contributed by atoms with van der Waals surface area (Å²) in [7, 11) is 0. The molecule has 0 fully saturated rings. The van der Waals surface area contributed by atoms with Crippen LogP contribution in [0.25, 0.3) is 10.8 Å². The van der Waals surface area contributed by atoms with E-state index in [1.807, 2.05) is 13.8 Å². The molecule has 7 heteroatoms. The van der Waals surface area contributed by atoms with Gasteiger partial charge in [-0.2, -0.15) is 0 Å². The Balaban J connectivity index is 2.29. The van der Waals surface area contributed by atoms with E-state index in [1.54, 1.807) is 0 Å². The van der Waals surface area contributed by atoms with Crippen molar-refractivity contribution >= 4 is 23.3 Å². The number of rotatable bonds is 3. The van der Waals surface area contributed by atoms with Crippen molar-refractivity contribution in [3.05, 3.63) is 5.69 Å². The third-order valence-electron chi connectivity index (χ3n) is 1.52. The zero-order valence-corrected chi connectivity index (χ0v) is 9.35. The Morgan fingerprint density at radius 3 is 2.86 bits per heavy atom. The monoisotopic (exact) mass is 228 g/mol. The minimum Gasteiger partial charge on any atom is -0.410 e. The normalized spacial score (nSPS) is 10.7. The lowest BCUT2D eigenvalue weighted by Gasteiger charge is -1.87. The summed E-state index contributed by atoms with van der Waals surface area (Å²) in [5.41, 5.74) is 0.826. The van der Waals surface area contributed by atoms with Gasteiger partial charge in [-0.25, -0.2) is 0 Å². The van der Waals surface area contributed by atoms with E-state index in [1.165, 1.54) is 23.3 Å². The smallest absolute Gasteiger partial charge is 0.276 e. The van der Waals surface area contributed by atoms with Gasteiger partial charge < -0.3 is 4.42 Å². The minimum atomic E-state index is 0.508. The van der Waals surface area contributed by atoms with Crippen molar-refractivity contribution < 1.29 is 4.42 Å². The standard InChI is InChI=1S/C7H8N4OS2/c1-3-13-7-10-9-6(12-7)5-4(2)8-11-14-5/h3H2,1-2H3. The minimum absolute atomic E-state index is 0.508. The van der Waals surface area contributed by atoms with Crippen LogP contribution in [0.15, 0.2) is 9.64 Å². The van der Waals surface area contributed by atoms with Gasteiger partial charge in [-0.15, -0.1) is 15.3 Å². The summed E-state index contributed by atoms with van der Waals surface area (Å²) in [6, 6.07) is 0. The Hall–Kier alpha value is -0.950. The second-order valence-electron chi connectivity index (χ2n) is 2.49. The fourth-order valence-electron chi connectivity index (χ4n) is 0.911. The van der Waals surface area contributed by atoms with E-state index in [-0.39, 0.29) is 0 Å². The molecule has 2 rings (SSSR count). The van der Waals surface area contributed by atoms with E-state index in [0.717, 1.165) is 16.3 Å². The van der Waals surface area contributed by atoms with Crippen molar-refractivity contribution in [2.45, 2.75) is 19.1 Å². The second-order valence-corrected chi connectivity index (χ2v) is 4.46. The lowest BCUT2D eigenvalue weighted by Crippen LogP contribution is -1.77. The van der Waals surface area contributed by atoms with Gasteiger partial charge >= 0.3 is 0 Å². The van der Waals surface area contributed by atoms with Crippen LogP contribution in [0.1, 0.15) is 12.6 Å². The highest BCUT2D eigenvalue weighted by Gasteiger charge is 2.13. The summed E-state index contributed by atoms with van der Waals surface area (Å²) in [4.78, 5) is 0.848. The van der Waals surface area contributed by atoms with Crippen LogP contribution in [-0.4, -0.2) is 25.5 Å². The van der Waals surface area contributed by atoms with Crippen LogP contribution in [-0.2, 0) is 0 Å². The molecule has 0 aromatic carbocycles. The molecule has 0 saturated carbocycles. The maximum atomic E-state index is 5.42. The summed E-state index contributed by atoms with van der Waals surface area (Å²) >= 11 is 2.79. The molecule has 14 heavy (non-hydrogen) atoms.